The Balaban J connectivity index is 1.44. The zero-order valence-electron chi connectivity index (χ0n) is 14.8. The molecule has 138 valence electrons. The number of aromatic amines is 1. The van der Waals surface area contributed by atoms with Gasteiger partial charge in [-0.25, -0.2) is 4.39 Å². The molecule has 1 amide bonds. The number of hydrogen-bond donors (Lipinski definition) is 1. The lowest BCUT2D eigenvalue weighted by atomic mass is 9.94. The summed E-state index contributed by atoms with van der Waals surface area (Å²) in [6, 6.07) is 17.1. The summed E-state index contributed by atoms with van der Waals surface area (Å²) in [6.07, 6.45) is 1.88. The van der Waals surface area contributed by atoms with E-state index in [1.807, 2.05) is 41.3 Å². The number of H-pyrrole nitrogens is 1. The Hall–Kier alpha value is -3.15. The van der Waals surface area contributed by atoms with Crippen LogP contribution >= 0.6 is 0 Å². The molecule has 1 saturated heterocycles. The van der Waals surface area contributed by atoms with E-state index in [4.69, 9.17) is 4.74 Å². The Bertz CT molecular complexity index is 909. The Labute approximate surface area is 156 Å². The standard InChI is InChI=1S/C21H20FN3O2/c22-17-10-8-15(9-11-17)21(26)25-12-4-5-16(14-25)19-13-20(24-23-19)27-18-6-2-1-3-7-18/h1-3,6-11,13,16H,4-5,12,14H2,(H,23,24). The molecular weight excluding hydrogens is 345 g/mol. The first-order valence-electron chi connectivity index (χ1n) is 9.02. The van der Waals surface area contributed by atoms with Crippen LogP contribution in [-0.4, -0.2) is 34.1 Å². The Morgan fingerprint density at radius 2 is 1.93 bits per heavy atom. The lowest BCUT2D eigenvalue weighted by Gasteiger charge is -2.32. The molecule has 0 aliphatic carbocycles. The smallest absolute Gasteiger partial charge is 0.253 e. The highest BCUT2D eigenvalue weighted by Gasteiger charge is 2.27. The van der Waals surface area contributed by atoms with Gasteiger partial charge in [0.25, 0.3) is 5.91 Å². The minimum atomic E-state index is -0.341. The van der Waals surface area contributed by atoms with Gasteiger partial charge in [-0.2, -0.15) is 0 Å². The van der Waals surface area contributed by atoms with Gasteiger partial charge in [0.15, 0.2) is 0 Å². The van der Waals surface area contributed by atoms with Crippen LogP contribution < -0.4 is 4.74 Å². The maximum Gasteiger partial charge on any atom is 0.253 e. The summed E-state index contributed by atoms with van der Waals surface area (Å²) in [5, 5.41) is 7.27. The molecular formula is C21H20FN3O2. The van der Waals surface area contributed by atoms with Crippen LogP contribution in [0.3, 0.4) is 0 Å². The first-order chi connectivity index (χ1) is 13.2. The molecule has 1 aromatic heterocycles. The second-order valence-corrected chi connectivity index (χ2v) is 6.67. The van der Waals surface area contributed by atoms with Gasteiger partial charge < -0.3 is 9.64 Å². The van der Waals surface area contributed by atoms with Crippen molar-refractivity contribution in [2.75, 3.05) is 13.1 Å². The highest BCUT2D eigenvalue weighted by Crippen LogP contribution is 2.29. The molecule has 27 heavy (non-hydrogen) atoms. The van der Waals surface area contributed by atoms with Gasteiger partial charge in [-0.05, 0) is 49.2 Å². The molecule has 6 heteroatoms. The van der Waals surface area contributed by atoms with Crippen LogP contribution in [-0.2, 0) is 0 Å². The Morgan fingerprint density at radius 3 is 2.70 bits per heavy atom. The molecule has 1 fully saturated rings. The van der Waals surface area contributed by atoms with E-state index in [9.17, 15) is 9.18 Å². The molecule has 1 aliphatic heterocycles. The maximum atomic E-state index is 13.1. The maximum absolute atomic E-state index is 13.1. The number of halogens is 1. The van der Waals surface area contributed by atoms with Crippen molar-refractivity contribution in [3.05, 3.63) is 77.7 Å². The summed E-state index contributed by atoms with van der Waals surface area (Å²) in [5.74, 6) is 1.00. The summed E-state index contributed by atoms with van der Waals surface area (Å²) < 4.78 is 18.8. The van der Waals surface area contributed by atoms with E-state index in [1.54, 1.807) is 0 Å². The van der Waals surface area contributed by atoms with Crippen molar-refractivity contribution in [2.45, 2.75) is 18.8 Å². The van der Waals surface area contributed by atoms with Crippen molar-refractivity contribution >= 4 is 5.91 Å². The van der Waals surface area contributed by atoms with Crippen LogP contribution in [0.4, 0.5) is 4.39 Å². The van der Waals surface area contributed by atoms with Crippen molar-refractivity contribution < 1.29 is 13.9 Å². The number of piperidine rings is 1. The molecule has 1 N–H and O–H groups in total. The average molecular weight is 365 g/mol. The summed E-state index contributed by atoms with van der Waals surface area (Å²) in [7, 11) is 0. The van der Waals surface area contributed by atoms with Crippen molar-refractivity contribution in [1.29, 1.82) is 0 Å². The van der Waals surface area contributed by atoms with Gasteiger partial charge >= 0.3 is 0 Å². The molecule has 0 saturated carbocycles. The van der Waals surface area contributed by atoms with E-state index in [1.165, 1.54) is 24.3 Å². The van der Waals surface area contributed by atoms with Crippen LogP contribution in [0, 0.1) is 5.82 Å². The number of nitrogens with zero attached hydrogens (tertiary/aromatic N) is 2. The second kappa shape index (κ2) is 7.61. The number of likely N-dealkylation sites (tertiary alicyclic amines) is 1. The number of carbonyl (C=O) groups is 1. The van der Waals surface area contributed by atoms with Crippen LogP contribution in [0.1, 0.15) is 34.8 Å². The van der Waals surface area contributed by atoms with E-state index >= 15 is 0 Å². The Morgan fingerprint density at radius 1 is 1.15 bits per heavy atom. The summed E-state index contributed by atoms with van der Waals surface area (Å²) in [5.41, 5.74) is 1.47. The van der Waals surface area contributed by atoms with Crippen molar-refractivity contribution in [3.63, 3.8) is 0 Å². The third-order valence-electron chi connectivity index (χ3n) is 4.78. The van der Waals surface area contributed by atoms with Crippen molar-refractivity contribution in [1.82, 2.24) is 15.1 Å². The first-order valence-corrected chi connectivity index (χ1v) is 9.02. The van der Waals surface area contributed by atoms with Crippen molar-refractivity contribution in [2.24, 2.45) is 0 Å². The SMILES string of the molecule is O=C(c1ccc(F)cc1)N1CCCC(c2cc(Oc3ccccc3)n[nH]2)C1. The van der Waals surface area contributed by atoms with E-state index in [0.29, 0.717) is 24.5 Å². The molecule has 0 bridgehead atoms. The van der Waals surface area contributed by atoms with Gasteiger partial charge in [0.05, 0.1) is 0 Å². The molecule has 1 atom stereocenters. The number of para-hydroxylation sites is 1. The number of amides is 1. The van der Waals surface area contributed by atoms with Crippen LogP contribution in [0.2, 0.25) is 0 Å². The largest absolute Gasteiger partial charge is 0.438 e. The summed E-state index contributed by atoms with van der Waals surface area (Å²) in [4.78, 5) is 14.5. The van der Waals surface area contributed by atoms with E-state index in [0.717, 1.165) is 24.3 Å². The quantitative estimate of drug-likeness (QED) is 0.747. The molecule has 3 aromatic rings. The molecule has 5 nitrogen and oxygen atoms in total. The summed E-state index contributed by atoms with van der Waals surface area (Å²) in [6.45, 7) is 1.30. The average Bonchev–Trinajstić information content (AvgIpc) is 3.17. The van der Waals surface area contributed by atoms with Crippen molar-refractivity contribution in [3.8, 4) is 11.6 Å². The zero-order valence-corrected chi connectivity index (χ0v) is 14.8. The fourth-order valence-electron chi connectivity index (χ4n) is 3.38. The van der Waals surface area contributed by atoms with Gasteiger partial charge in [0.2, 0.25) is 5.88 Å². The fourth-order valence-corrected chi connectivity index (χ4v) is 3.38. The molecule has 1 aliphatic rings. The highest BCUT2D eigenvalue weighted by atomic mass is 19.1. The molecule has 0 spiro atoms. The zero-order chi connectivity index (χ0) is 18.6. The van der Waals surface area contributed by atoms with Gasteiger partial charge in [0.1, 0.15) is 11.6 Å². The van der Waals surface area contributed by atoms with E-state index in [2.05, 4.69) is 10.2 Å². The van der Waals surface area contributed by atoms with Crippen LogP contribution in [0.25, 0.3) is 0 Å². The number of carbonyl (C=O) groups excluding carboxylic acids is 1. The predicted octanol–water partition coefficient (Wildman–Crippen LogP) is 4.36. The van der Waals surface area contributed by atoms with Gasteiger partial charge in [-0.1, -0.05) is 18.2 Å². The molecule has 2 aromatic carbocycles. The highest BCUT2D eigenvalue weighted by molar-refractivity contribution is 5.94. The lowest BCUT2D eigenvalue weighted by Crippen LogP contribution is -2.39. The minimum Gasteiger partial charge on any atom is -0.438 e. The van der Waals surface area contributed by atoms with Gasteiger partial charge in [-0.15, -0.1) is 5.10 Å². The van der Waals surface area contributed by atoms with Gasteiger partial charge in [0, 0.05) is 36.3 Å². The minimum absolute atomic E-state index is 0.0695. The van der Waals surface area contributed by atoms with E-state index in [-0.39, 0.29) is 17.6 Å². The van der Waals surface area contributed by atoms with E-state index < -0.39 is 0 Å². The van der Waals surface area contributed by atoms with Gasteiger partial charge in [-0.3, -0.25) is 9.89 Å². The monoisotopic (exact) mass is 365 g/mol. The second-order valence-electron chi connectivity index (χ2n) is 6.67. The van der Waals surface area contributed by atoms with Crippen LogP contribution in [0.15, 0.2) is 60.7 Å². The molecule has 4 rings (SSSR count). The molecule has 2 heterocycles. The third-order valence-corrected chi connectivity index (χ3v) is 4.78. The molecule has 0 radical (unpaired) electrons. The fraction of sp³-hybridized carbons (Fsp3) is 0.238. The Kier molecular flexibility index (Phi) is 4.87. The molecule has 1 unspecified atom stereocenters. The number of hydrogen-bond acceptors (Lipinski definition) is 3. The first kappa shape index (κ1) is 17.3. The summed E-state index contributed by atoms with van der Waals surface area (Å²) >= 11 is 0. The normalized spacial score (nSPS) is 16.9. The number of rotatable bonds is 4. The number of aromatic nitrogens is 2. The third kappa shape index (κ3) is 4.00. The topological polar surface area (TPSA) is 58.2 Å². The lowest BCUT2D eigenvalue weighted by molar-refractivity contribution is 0.0706. The predicted molar refractivity (Wildman–Crippen MR) is 99.4 cm³/mol. The van der Waals surface area contributed by atoms with Crippen LogP contribution in [0.5, 0.6) is 11.6 Å². The number of ether oxygens (including phenoxy) is 1. The number of benzene rings is 2. The number of nitrogens with one attached hydrogen (secondary N) is 1.